The number of halogens is 6. The molecule has 13 heavy (non-hydrogen) atoms. The van der Waals surface area contributed by atoms with Crippen LogP contribution in [-0.2, 0) is 4.74 Å². The first-order valence-corrected chi connectivity index (χ1v) is 3.66. The Morgan fingerprint density at radius 3 is 1.38 bits per heavy atom. The van der Waals surface area contributed by atoms with Gasteiger partial charge < -0.3 is 0 Å². The van der Waals surface area contributed by atoms with Crippen LogP contribution in [0.2, 0.25) is 0 Å². The van der Waals surface area contributed by atoms with Gasteiger partial charge in [0.05, 0.1) is 0 Å². The van der Waals surface area contributed by atoms with Crippen LogP contribution in [-0.4, -0.2) is 23.3 Å². The van der Waals surface area contributed by atoms with Crippen molar-refractivity contribution in [1.82, 2.24) is 0 Å². The Kier molecular flexibility index (Phi) is 1.96. The summed E-state index contributed by atoms with van der Waals surface area (Å²) in [5.74, 6) is 0. The summed E-state index contributed by atoms with van der Waals surface area (Å²) in [7, 11) is 0.715. The van der Waals surface area contributed by atoms with Crippen molar-refractivity contribution in [3.05, 3.63) is 0 Å². The van der Waals surface area contributed by atoms with Gasteiger partial charge in [-0.3, -0.25) is 0 Å². The van der Waals surface area contributed by atoms with Gasteiger partial charge in [0.2, 0.25) is 5.67 Å². The summed E-state index contributed by atoms with van der Waals surface area (Å²) in [5.41, 5.74) is -4.09. The minimum Gasteiger partial charge on any atom is -0.250 e. The molecule has 3 unspecified atom stereocenters. The molecule has 1 aliphatic rings. The van der Waals surface area contributed by atoms with E-state index >= 15 is 0 Å². The predicted octanol–water partition coefficient (Wildman–Crippen LogP) is 2.47. The lowest BCUT2D eigenvalue weighted by molar-refractivity contribution is -0.349. The molecule has 0 aromatic rings. The molecule has 1 rings (SSSR count). The van der Waals surface area contributed by atoms with E-state index < -0.39 is 23.3 Å². The van der Waals surface area contributed by atoms with Crippen LogP contribution in [0.15, 0.2) is 0 Å². The van der Waals surface area contributed by atoms with Gasteiger partial charge in [0.15, 0.2) is 0 Å². The number of hydrogen-bond acceptors (Lipinski definition) is 1. The fraction of sp³-hybridized carbons (Fsp3) is 1.00. The van der Waals surface area contributed by atoms with Gasteiger partial charge in [-0.15, -0.1) is 0 Å². The average molecular weight is 226 g/mol. The first kappa shape index (κ1) is 11.0. The van der Waals surface area contributed by atoms with Crippen LogP contribution >= 0.6 is 9.24 Å². The summed E-state index contributed by atoms with van der Waals surface area (Å²) >= 11 is 0. The highest BCUT2D eigenvalue weighted by molar-refractivity contribution is 7.19. The maximum absolute atomic E-state index is 12.9. The van der Waals surface area contributed by atoms with Crippen molar-refractivity contribution in [2.24, 2.45) is 0 Å². The standard InChI is InChI=1S/C5H5F6OP/c1-2(6)3(7,13)5(10,11)12-4(2,8)9/h13H2,1H3. The Bertz CT molecular complexity index is 213. The maximum atomic E-state index is 12.9. The van der Waals surface area contributed by atoms with Crippen LogP contribution in [0.3, 0.4) is 0 Å². The molecule has 0 amide bonds. The Hall–Kier alpha value is -0.0300. The van der Waals surface area contributed by atoms with Gasteiger partial charge in [0.25, 0.3) is 5.41 Å². The van der Waals surface area contributed by atoms with Crippen molar-refractivity contribution in [2.75, 3.05) is 0 Å². The highest BCUT2D eigenvalue weighted by atomic mass is 31.0. The molecular weight excluding hydrogens is 221 g/mol. The molecule has 0 saturated carbocycles. The van der Waals surface area contributed by atoms with Crippen molar-refractivity contribution in [3.63, 3.8) is 0 Å². The van der Waals surface area contributed by atoms with Crippen LogP contribution in [0.5, 0.6) is 0 Å². The third kappa shape index (κ3) is 1.09. The monoisotopic (exact) mass is 226 g/mol. The van der Waals surface area contributed by atoms with Crippen molar-refractivity contribution in [1.29, 1.82) is 0 Å². The third-order valence-corrected chi connectivity index (χ3v) is 2.79. The average Bonchev–Trinajstić information content (AvgIpc) is 1.88. The fourth-order valence-electron chi connectivity index (χ4n) is 0.816. The van der Waals surface area contributed by atoms with Crippen molar-refractivity contribution in [3.8, 4) is 0 Å². The minimum absolute atomic E-state index is 0.0148. The Morgan fingerprint density at radius 2 is 1.31 bits per heavy atom. The van der Waals surface area contributed by atoms with E-state index in [4.69, 9.17) is 0 Å². The molecule has 1 aliphatic heterocycles. The van der Waals surface area contributed by atoms with Crippen LogP contribution in [0.4, 0.5) is 26.3 Å². The quantitative estimate of drug-likeness (QED) is 0.455. The second kappa shape index (κ2) is 2.31. The molecule has 0 spiro atoms. The maximum Gasteiger partial charge on any atom is 0.401 e. The summed E-state index contributed by atoms with van der Waals surface area (Å²) in [6.45, 7) is 0.0148. The summed E-state index contributed by atoms with van der Waals surface area (Å²) in [6.07, 6.45) is -9.72. The van der Waals surface area contributed by atoms with E-state index in [1.54, 1.807) is 0 Å². The van der Waals surface area contributed by atoms with E-state index in [0.717, 1.165) is 0 Å². The molecule has 1 fully saturated rings. The molecule has 0 N–H and O–H groups in total. The van der Waals surface area contributed by atoms with Crippen LogP contribution in [0, 0.1) is 0 Å². The van der Waals surface area contributed by atoms with E-state index in [0.29, 0.717) is 9.24 Å². The van der Waals surface area contributed by atoms with E-state index in [2.05, 4.69) is 4.74 Å². The Morgan fingerprint density at radius 1 is 0.923 bits per heavy atom. The topological polar surface area (TPSA) is 9.23 Å². The lowest BCUT2D eigenvalue weighted by Crippen LogP contribution is -2.50. The molecule has 1 heterocycles. The lowest BCUT2D eigenvalue weighted by Gasteiger charge is -2.27. The predicted molar refractivity (Wildman–Crippen MR) is 34.0 cm³/mol. The number of rotatable bonds is 0. The zero-order chi connectivity index (χ0) is 10.7. The molecule has 8 heteroatoms. The Labute approximate surface area is 71.6 Å². The highest BCUT2D eigenvalue weighted by Crippen LogP contribution is 2.62. The molecule has 0 aromatic heterocycles. The second-order valence-electron chi connectivity index (χ2n) is 2.85. The summed E-state index contributed by atoms with van der Waals surface area (Å²) in [6, 6.07) is 0. The summed E-state index contributed by atoms with van der Waals surface area (Å²) in [4.78, 5) is 0. The molecule has 78 valence electrons. The molecule has 0 bridgehead atoms. The van der Waals surface area contributed by atoms with E-state index in [9.17, 15) is 26.3 Å². The van der Waals surface area contributed by atoms with Gasteiger partial charge in [-0.1, -0.05) is 9.24 Å². The lowest BCUT2D eigenvalue weighted by atomic mass is 10.0. The van der Waals surface area contributed by atoms with Gasteiger partial charge in [-0.05, 0) is 6.92 Å². The molecule has 3 atom stereocenters. The third-order valence-electron chi connectivity index (χ3n) is 1.91. The van der Waals surface area contributed by atoms with Crippen LogP contribution in [0.1, 0.15) is 6.92 Å². The zero-order valence-electron chi connectivity index (χ0n) is 6.25. The largest absolute Gasteiger partial charge is 0.401 e. The SMILES string of the molecule is CC1(F)C(F)(F)OC(F)(F)C1(F)P. The van der Waals surface area contributed by atoms with E-state index in [1.165, 1.54) is 0 Å². The first-order valence-electron chi connectivity index (χ1n) is 3.08. The smallest absolute Gasteiger partial charge is 0.250 e. The number of hydrogen-bond donors (Lipinski definition) is 0. The van der Waals surface area contributed by atoms with Crippen molar-refractivity contribution >= 4 is 9.24 Å². The van der Waals surface area contributed by atoms with Gasteiger partial charge in [0.1, 0.15) is 0 Å². The molecular formula is C5H5F6OP. The van der Waals surface area contributed by atoms with Crippen molar-refractivity contribution in [2.45, 2.75) is 30.2 Å². The molecule has 1 nitrogen and oxygen atoms in total. The van der Waals surface area contributed by atoms with E-state index in [-0.39, 0.29) is 6.92 Å². The van der Waals surface area contributed by atoms with Crippen LogP contribution < -0.4 is 0 Å². The fourth-order valence-corrected chi connectivity index (χ4v) is 1.04. The van der Waals surface area contributed by atoms with Gasteiger partial charge >= 0.3 is 12.2 Å². The van der Waals surface area contributed by atoms with Gasteiger partial charge in [-0.25, -0.2) is 13.5 Å². The number of ether oxygens (including phenoxy) is 1. The minimum atomic E-state index is -4.87. The highest BCUT2D eigenvalue weighted by Gasteiger charge is 2.83. The molecule has 0 radical (unpaired) electrons. The van der Waals surface area contributed by atoms with E-state index in [1.807, 2.05) is 0 Å². The molecule has 0 aromatic carbocycles. The summed E-state index contributed by atoms with van der Waals surface area (Å²) in [5, 5.41) is -4.14. The normalized spacial score (nSPS) is 48.0. The Balaban J connectivity index is 3.24. The number of alkyl halides is 6. The van der Waals surface area contributed by atoms with Gasteiger partial charge in [-0.2, -0.15) is 17.6 Å². The van der Waals surface area contributed by atoms with Crippen LogP contribution in [0.25, 0.3) is 0 Å². The first-order chi connectivity index (χ1) is 5.46. The zero-order valence-corrected chi connectivity index (χ0v) is 7.41. The molecule has 0 aliphatic carbocycles. The van der Waals surface area contributed by atoms with Gasteiger partial charge in [0, 0.05) is 0 Å². The second-order valence-corrected chi connectivity index (χ2v) is 3.65. The molecule has 1 saturated heterocycles. The summed E-state index contributed by atoms with van der Waals surface area (Å²) < 4.78 is 78.1. The van der Waals surface area contributed by atoms with Crippen molar-refractivity contribution < 1.29 is 31.1 Å².